The minimum absolute atomic E-state index is 0.214. The van der Waals surface area contributed by atoms with E-state index in [0.717, 1.165) is 12.1 Å². The highest BCUT2D eigenvalue weighted by molar-refractivity contribution is 9.10. The van der Waals surface area contributed by atoms with Gasteiger partial charge in [-0.1, -0.05) is 6.92 Å². The lowest BCUT2D eigenvalue weighted by atomic mass is 10.3. The van der Waals surface area contributed by atoms with Gasteiger partial charge in [-0.15, -0.1) is 0 Å². The van der Waals surface area contributed by atoms with E-state index in [1.807, 2.05) is 6.92 Å². The largest absolute Gasteiger partial charge is 0.464 e. The molecular weight excluding hydrogens is 236 g/mol. The fraction of sp³-hybridized carbons (Fsp3) is 0.375. The fourth-order valence-electron chi connectivity index (χ4n) is 0.832. The monoisotopic (exact) mass is 244 g/mol. The predicted octanol–water partition coefficient (Wildman–Crippen LogP) is 1.59. The van der Waals surface area contributed by atoms with Crippen LogP contribution in [0, 0.1) is 0 Å². The van der Waals surface area contributed by atoms with Crippen LogP contribution in [0.1, 0.15) is 23.1 Å². The second-order valence-electron chi connectivity index (χ2n) is 2.34. The molecule has 70 valence electrons. The van der Waals surface area contributed by atoms with Crippen molar-refractivity contribution in [3.63, 3.8) is 0 Å². The van der Waals surface area contributed by atoms with Crippen molar-refractivity contribution in [2.24, 2.45) is 0 Å². The van der Waals surface area contributed by atoms with E-state index >= 15 is 0 Å². The van der Waals surface area contributed by atoms with Crippen LogP contribution >= 0.6 is 15.9 Å². The van der Waals surface area contributed by atoms with Crippen LogP contribution in [0.4, 0.5) is 0 Å². The number of aryl methyl sites for hydroxylation is 1. The first-order valence-corrected chi connectivity index (χ1v) is 4.58. The second kappa shape index (κ2) is 4.32. The number of hydrogen-bond donors (Lipinski definition) is 0. The van der Waals surface area contributed by atoms with E-state index in [1.165, 1.54) is 13.3 Å². The van der Waals surface area contributed by atoms with Crippen molar-refractivity contribution in [2.45, 2.75) is 13.3 Å². The number of carbonyl (C=O) groups excluding carboxylic acids is 1. The second-order valence-corrected chi connectivity index (χ2v) is 3.09. The first kappa shape index (κ1) is 10.1. The SMILES string of the molecule is CCc1ncc(C(=O)OC)nc1Br. The summed E-state index contributed by atoms with van der Waals surface area (Å²) in [6.45, 7) is 1.96. The number of carbonyl (C=O) groups is 1. The van der Waals surface area contributed by atoms with Gasteiger partial charge in [-0.2, -0.15) is 0 Å². The molecule has 0 spiro atoms. The summed E-state index contributed by atoms with van der Waals surface area (Å²) in [5.41, 5.74) is 1.04. The minimum Gasteiger partial charge on any atom is -0.464 e. The molecule has 0 saturated heterocycles. The first-order chi connectivity index (χ1) is 6.19. The topological polar surface area (TPSA) is 52.1 Å². The van der Waals surface area contributed by atoms with Gasteiger partial charge < -0.3 is 4.74 Å². The van der Waals surface area contributed by atoms with Crippen molar-refractivity contribution in [2.75, 3.05) is 7.11 Å². The van der Waals surface area contributed by atoms with E-state index in [2.05, 4.69) is 30.6 Å². The summed E-state index contributed by atoms with van der Waals surface area (Å²) >= 11 is 3.22. The normalized spacial score (nSPS) is 9.77. The molecule has 0 atom stereocenters. The van der Waals surface area contributed by atoms with Crippen molar-refractivity contribution in [1.82, 2.24) is 9.97 Å². The number of rotatable bonds is 2. The summed E-state index contributed by atoms with van der Waals surface area (Å²) in [5.74, 6) is -0.476. The van der Waals surface area contributed by atoms with Gasteiger partial charge in [0.05, 0.1) is 19.0 Å². The molecule has 0 aliphatic carbocycles. The number of aromatic nitrogens is 2. The van der Waals surface area contributed by atoms with Gasteiger partial charge >= 0.3 is 5.97 Å². The maximum absolute atomic E-state index is 11.0. The van der Waals surface area contributed by atoms with Crippen LogP contribution in [-0.4, -0.2) is 23.0 Å². The van der Waals surface area contributed by atoms with Gasteiger partial charge in [0.2, 0.25) is 0 Å². The standard InChI is InChI=1S/C8H9BrN2O2/c1-3-5-7(9)11-6(4-10-5)8(12)13-2/h4H,3H2,1-2H3. The van der Waals surface area contributed by atoms with Crippen molar-refractivity contribution < 1.29 is 9.53 Å². The molecule has 5 heteroatoms. The Morgan fingerprint density at radius 2 is 2.38 bits per heavy atom. The molecule has 0 unspecified atom stereocenters. The zero-order valence-electron chi connectivity index (χ0n) is 7.37. The summed E-state index contributed by atoms with van der Waals surface area (Å²) < 4.78 is 5.10. The van der Waals surface area contributed by atoms with E-state index in [4.69, 9.17) is 0 Å². The smallest absolute Gasteiger partial charge is 0.358 e. The Kier molecular flexibility index (Phi) is 3.36. The van der Waals surface area contributed by atoms with Gasteiger partial charge in [-0.3, -0.25) is 4.98 Å². The molecule has 0 aliphatic heterocycles. The summed E-state index contributed by atoms with van der Waals surface area (Å²) in [6.07, 6.45) is 2.18. The highest BCUT2D eigenvalue weighted by Gasteiger charge is 2.10. The van der Waals surface area contributed by atoms with Gasteiger partial charge in [0.1, 0.15) is 4.60 Å². The Morgan fingerprint density at radius 1 is 1.69 bits per heavy atom. The van der Waals surface area contributed by atoms with Crippen LogP contribution in [0.2, 0.25) is 0 Å². The van der Waals surface area contributed by atoms with Gasteiger partial charge in [-0.25, -0.2) is 9.78 Å². The van der Waals surface area contributed by atoms with E-state index in [-0.39, 0.29) is 5.69 Å². The van der Waals surface area contributed by atoms with Crippen LogP contribution in [0.25, 0.3) is 0 Å². The Morgan fingerprint density at radius 3 is 2.85 bits per heavy atom. The average Bonchev–Trinajstić information content (AvgIpc) is 2.16. The zero-order chi connectivity index (χ0) is 9.84. The number of esters is 1. The van der Waals surface area contributed by atoms with Crippen LogP contribution in [0.5, 0.6) is 0 Å². The number of methoxy groups -OCH3 is 1. The molecule has 1 aromatic heterocycles. The summed E-state index contributed by atoms with van der Waals surface area (Å²) in [5, 5.41) is 0. The summed E-state index contributed by atoms with van der Waals surface area (Å²) in [7, 11) is 1.31. The minimum atomic E-state index is -0.476. The molecule has 1 heterocycles. The Balaban J connectivity index is 3.02. The van der Waals surface area contributed by atoms with Crippen LogP contribution in [-0.2, 0) is 11.2 Å². The van der Waals surface area contributed by atoms with Crippen molar-refractivity contribution >= 4 is 21.9 Å². The molecule has 0 aromatic carbocycles. The van der Waals surface area contributed by atoms with Gasteiger partial charge in [0.25, 0.3) is 0 Å². The van der Waals surface area contributed by atoms with Crippen LogP contribution < -0.4 is 0 Å². The number of nitrogens with zero attached hydrogens (tertiary/aromatic N) is 2. The molecule has 0 fully saturated rings. The van der Waals surface area contributed by atoms with Gasteiger partial charge in [0, 0.05) is 0 Å². The van der Waals surface area contributed by atoms with E-state index < -0.39 is 5.97 Å². The lowest BCUT2D eigenvalue weighted by Gasteiger charge is -2.01. The average molecular weight is 245 g/mol. The first-order valence-electron chi connectivity index (χ1n) is 3.78. The van der Waals surface area contributed by atoms with Crippen LogP contribution in [0.15, 0.2) is 10.8 Å². The lowest BCUT2D eigenvalue weighted by Crippen LogP contribution is -2.06. The Bertz CT molecular complexity index is 328. The molecule has 0 aliphatic rings. The van der Waals surface area contributed by atoms with E-state index in [1.54, 1.807) is 0 Å². The highest BCUT2D eigenvalue weighted by atomic mass is 79.9. The van der Waals surface area contributed by atoms with Crippen molar-refractivity contribution in [1.29, 1.82) is 0 Å². The fourth-order valence-corrected chi connectivity index (χ4v) is 1.41. The molecule has 0 amide bonds. The molecule has 13 heavy (non-hydrogen) atoms. The summed E-state index contributed by atoms with van der Waals surface area (Å²) in [4.78, 5) is 19.1. The molecule has 0 saturated carbocycles. The van der Waals surface area contributed by atoms with Gasteiger partial charge in [0.15, 0.2) is 5.69 Å². The number of ether oxygens (including phenoxy) is 1. The molecule has 0 bridgehead atoms. The molecular formula is C8H9BrN2O2. The number of halogens is 1. The van der Waals surface area contributed by atoms with Crippen molar-refractivity contribution in [3.05, 3.63) is 22.2 Å². The lowest BCUT2D eigenvalue weighted by molar-refractivity contribution is 0.0593. The summed E-state index contributed by atoms with van der Waals surface area (Å²) in [6, 6.07) is 0. The van der Waals surface area contributed by atoms with E-state index in [0.29, 0.717) is 4.60 Å². The number of hydrogen-bond acceptors (Lipinski definition) is 4. The van der Waals surface area contributed by atoms with E-state index in [9.17, 15) is 4.79 Å². The third kappa shape index (κ3) is 2.24. The molecule has 4 nitrogen and oxygen atoms in total. The maximum atomic E-state index is 11.0. The van der Waals surface area contributed by atoms with Crippen LogP contribution in [0.3, 0.4) is 0 Å². The zero-order valence-corrected chi connectivity index (χ0v) is 8.96. The highest BCUT2D eigenvalue weighted by Crippen LogP contribution is 2.12. The molecule has 1 aromatic rings. The Hall–Kier alpha value is -0.970. The third-order valence-corrected chi connectivity index (χ3v) is 2.16. The predicted molar refractivity (Wildman–Crippen MR) is 50.4 cm³/mol. The molecule has 0 N–H and O–H groups in total. The Labute approximate surface area is 84.5 Å². The van der Waals surface area contributed by atoms with Crippen molar-refractivity contribution in [3.8, 4) is 0 Å². The van der Waals surface area contributed by atoms with Gasteiger partial charge in [-0.05, 0) is 22.4 Å². The maximum Gasteiger partial charge on any atom is 0.358 e. The molecule has 1 rings (SSSR count). The quantitative estimate of drug-likeness (QED) is 0.742. The molecule has 0 radical (unpaired) electrons. The third-order valence-electron chi connectivity index (χ3n) is 1.53.